The second kappa shape index (κ2) is 5.47. The highest BCUT2D eigenvalue weighted by Gasteiger charge is 2.37. The molecule has 2 N–H and O–H groups in total. The number of nitrogens with zero attached hydrogens (tertiary/aromatic N) is 2. The van der Waals surface area contributed by atoms with Crippen LogP contribution in [0.5, 0.6) is 0 Å². The van der Waals surface area contributed by atoms with Crippen LogP contribution in [0, 0.1) is 5.92 Å². The Bertz CT molecular complexity index is 587. The molecule has 1 aliphatic carbocycles. The van der Waals surface area contributed by atoms with Crippen LogP contribution in [0.4, 0.5) is 0 Å². The van der Waals surface area contributed by atoms with Crippen molar-refractivity contribution in [2.45, 2.75) is 44.6 Å². The smallest absolute Gasteiger partial charge is 0.268 e. The lowest BCUT2D eigenvalue weighted by molar-refractivity contribution is 0.216. The van der Waals surface area contributed by atoms with E-state index >= 15 is 0 Å². The van der Waals surface area contributed by atoms with Crippen molar-refractivity contribution in [3.63, 3.8) is 0 Å². The van der Waals surface area contributed by atoms with Gasteiger partial charge in [0.05, 0.1) is 14.8 Å². The zero-order valence-corrected chi connectivity index (χ0v) is 13.0. The van der Waals surface area contributed by atoms with E-state index in [1.54, 1.807) is 0 Å². The minimum Gasteiger partial charge on any atom is -0.333 e. The van der Waals surface area contributed by atoms with Gasteiger partial charge in [-0.25, -0.2) is 0 Å². The molecule has 4 nitrogen and oxygen atoms in total. The molecule has 2 aromatic heterocycles. The fourth-order valence-electron chi connectivity index (χ4n) is 2.78. The van der Waals surface area contributed by atoms with Crippen molar-refractivity contribution in [2.24, 2.45) is 11.7 Å². The lowest BCUT2D eigenvalue weighted by Gasteiger charge is -2.34. The average molecular weight is 312 g/mol. The number of nitrogens with two attached hydrogens (primary N) is 1. The first-order valence-corrected chi connectivity index (χ1v) is 8.19. The summed E-state index contributed by atoms with van der Waals surface area (Å²) in [5, 5.41) is 4.10. The Balaban J connectivity index is 1.80. The molecule has 20 heavy (non-hydrogen) atoms. The minimum absolute atomic E-state index is 0.436. The minimum atomic E-state index is -0.436. The van der Waals surface area contributed by atoms with E-state index in [1.165, 1.54) is 17.8 Å². The molecule has 0 saturated heterocycles. The van der Waals surface area contributed by atoms with Gasteiger partial charge in [0.1, 0.15) is 0 Å². The van der Waals surface area contributed by atoms with Crippen LogP contribution in [0.25, 0.3) is 10.8 Å². The van der Waals surface area contributed by atoms with Crippen LogP contribution in [-0.2, 0) is 5.54 Å². The Morgan fingerprint density at radius 1 is 1.45 bits per heavy atom. The third kappa shape index (κ3) is 2.62. The fraction of sp³-hybridized carbons (Fsp3) is 0.571. The maximum Gasteiger partial charge on any atom is 0.268 e. The number of rotatable bonds is 3. The number of aromatic nitrogens is 2. The summed E-state index contributed by atoms with van der Waals surface area (Å²) >= 11 is 7.36. The van der Waals surface area contributed by atoms with Crippen molar-refractivity contribution in [1.82, 2.24) is 10.1 Å². The molecule has 6 heteroatoms. The number of halogens is 1. The summed E-state index contributed by atoms with van der Waals surface area (Å²) in [4.78, 5) is 5.38. The molecule has 0 aromatic carbocycles. The summed E-state index contributed by atoms with van der Waals surface area (Å²) in [6.45, 7) is 2.24. The molecule has 3 rings (SSSR count). The standard InChI is InChI=1S/C14H18ClN3OS/c1-2-9-5-7-14(16,8-6-9)13-17-12(19-18-13)10-3-4-11(15)20-10/h3-4,9H,2,5-8,16H2,1H3. The Hall–Kier alpha value is -0.910. The number of hydrogen-bond donors (Lipinski definition) is 1. The van der Waals surface area contributed by atoms with Crippen molar-refractivity contribution in [2.75, 3.05) is 0 Å². The summed E-state index contributed by atoms with van der Waals surface area (Å²) in [5.41, 5.74) is 6.05. The predicted molar refractivity (Wildman–Crippen MR) is 80.7 cm³/mol. The van der Waals surface area contributed by atoms with E-state index in [4.69, 9.17) is 21.9 Å². The molecule has 1 fully saturated rings. The molecule has 2 heterocycles. The van der Waals surface area contributed by atoms with Crippen LogP contribution in [0.1, 0.15) is 44.9 Å². The average Bonchev–Trinajstić information content (AvgIpc) is 3.08. The van der Waals surface area contributed by atoms with Gasteiger partial charge in [-0.15, -0.1) is 11.3 Å². The molecule has 0 amide bonds. The highest BCUT2D eigenvalue weighted by atomic mass is 35.5. The van der Waals surface area contributed by atoms with Gasteiger partial charge in [-0.05, 0) is 43.7 Å². The molecule has 0 spiro atoms. The van der Waals surface area contributed by atoms with E-state index in [9.17, 15) is 0 Å². The molecule has 2 aromatic rings. The Morgan fingerprint density at radius 2 is 2.20 bits per heavy atom. The first-order valence-electron chi connectivity index (χ1n) is 6.99. The van der Waals surface area contributed by atoms with Crippen molar-refractivity contribution in [3.8, 4) is 10.8 Å². The molecule has 108 valence electrons. The Kier molecular flexibility index (Phi) is 3.84. The second-order valence-corrected chi connectivity index (χ2v) is 7.25. The van der Waals surface area contributed by atoms with Gasteiger partial charge in [-0.2, -0.15) is 4.98 Å². The van der Waals surface area contributed by atoms with E-state index in [-0.39, 0.29) is 0 Å². The van der Waals surface area contributed by atoms with Crippen molar-refractivity contribution >= 4 is 22.9 Å². The van der Waals surface area contributed by atoms with E-state index in [2.05, 4.69) is 17.1 Å². The first kappa shape index (κ1) is 14.0. The number of thiophene rings is 1. The van der Waals surface area contributed by atoms with Crippen LogP contribution in [0.3, 0.4) is 0 Å². The van der Waals surface area contributed by atoms with Crippen molar-refractivity contribution in [1.29, 1.82) is 0 Å². The van der Waals surface area contributed by atoms with E-state index in [0.29, 0.717) is 16.1 Å². The SMILES string of the molecule is CCC1CCC(N)(c2noc(-c3ccc(Cl)s3)n2)CC1. The molecule has 0 unspecified atom stereocenters. The summed E-state index contributed by atoms with van der Waals surface area (Å²) < 4.78 is 6.06. The van der Waals surface area contributed by atoms with Gasteiger partial charge in [-0.1, -0.05) is 30.1 Å². The first-order chi connectivity index (χ1) is 9.60. The van der Waals surface area contributed by atoms with Crippen LogP contribution in [0.2, 0.25) is 4.34 Å². The van der Waals surface area contributed by atoms with E-state index in [0.717, 1.165) is 36.5 Å². The third-order valence-electron chi connectivity index (χ3n) is 4.23. The number of hydrogen-bond acceptors (Lipinski definition) is 5. The fourth-order valence-corrected chi connectivity index (χ4v) is 3.74. The predicted octanol–water partition coefficient (Wildman–Crippen LogP) is 4.21. The molecule has 1 saturated carbocycles. The van der Waals surface area contributed by atoms with Gasteiger partial charge in [0.25, 0.3) is 5.89 Å². The molecule has 0 bridgehead atoms. The topological polar surface area (TPSA) is 64.9 Å². The molecule has 1 aliphatic rings. The summed E-state index contributed by atoms with van der Waals surface area (Å²) in [5.74, 6) is 1.93. The quantitative estimate of drug-likeness (QED) is 0.922. The summed E-state index contributed by atoms with van der Waals surface area (Å²) in [6, 6.07) is 3.72. The largest absolute Gasteiger partial charge is 0.333 e. The third-order valence-corrected chi connectivity index (χ3v) is 5.45. The van der Waals surface area contributed by atoms with Gasteiger partial charge in [0.2, 0.25) is 0 Å². The lowest BCUT2D eigenvalue weighted by atomic mass is 9.76. The summed E-state index contributed by atoms with van der Waals surface area (Å²) in [7, 11) is 0. The van der Waals surface area contributed by atoms with E-state index in [1.807, 2.05) is 12.1 Å². The van der Waals surface area contributed by atoms with Gasteiger partial charge in [0, 0.05) is 0 Å². The van der Waals surface area contributed by atoms with Crippen LogP contribution in [0.15, 0.2) is 16.7 Å². The molecule has 0 aliphatic heterocycles. The Morgan fingerprint density at radius 3 is 2.80 bits per heavy atom. The van der Waals surface area contributed by atoms with Gasteiger partial charge < -0.3 is 10.3 Å². The van der Waals surface area contributed by atoms with Crippen molar-refractivity contribution in [3.05, 3.63) is 22.3 Å². The highest BCUT2D eigenvalue weighted by Crippen LogP contribution is 2.38. The zero-order valence-electron chi connectivity index (χ0n) is 11.4. The second-order valence-electron chi connectivity index (χ2n) is 5.53. The molecule has 0 radical (unpaired) electrons. The highest BCUT2D eigenvalue weighted by molar-refractivity contribution is 7.19. The van der Waals surface area contributed by atoms with Gasteiger partial charge in [0.15, 0.2) is 5.82 Å². The molecule has 0 atom stereocenters. The van der Waals surface area contributed by atoms with E-state index < -0.39 is 5.54 Å². The Labute approximate surface area is 127 Å². The maximum atomic E-state index is 6.49. The monoisotopic (exact) mass is 311 g/mol. The van der Waals surface area contributed by atoms with Crippen molar-refractivity contribution < 1.29 is 4.52 Å². The maximum absolute atomic E-state index is 6.49. The normalized spacial score (nSPS) is 26.9. The summed E-state index contributed by atoms with van der Waals surface area (Å²) in [6.07, 6.45) is 5.36. The van der Waals surface area contributed by atoms with Gasteiger partial charge >= 0.3 is 0 Å². The van der Waals surface area contributed by atoms with Gasteiger partial charge in [-0.3, -0.25) is 0 Å². The van der Waals surface area contributed by atoms with Crippen LogP contribution >= 0.6 is 22.9 Å². The van der Waals surface area contributed by atoms with Crippen LogP contribution < -0.4 is 5.73 Å². The van der Waals surface area contributed by atoms with Crippen LogP contribution in [-0.4, -0.2) is 10.1 Å². The molecular weight excluding hydrogens is 294 g/mol. The lowest BCUT2D eigenvalue weighted by Crippen LogP contribution is -2.41. The molecular formula is C14H18ClN3OS. The zero-order chi connectivity index (χ0) is 14.2.